The van der Waals surface area contributed by atoms with Crippen molar-refractivity contribution in [2.24, 2.45) is 5.92 Å². The highest BCUT2D eigenvalue weighted by Gasteiger charge is 2.44. The smallest absolute Gasteiger partial charge is 0.214 e. The van der Waals surface area contributed by atoms with Gasteiger partial charge in [0, 0.05) is 17.3 Å². The maximum Gasteiger partial charge on any atom is 0.214 e. The number of benzene rings is 2. The second-order valence-corrected chi connectivity index (χ2v) is 12.7. The van der Waals surface area contributed by atoms with Crippen molar-refractivity contribution in [1.29, 1.82) is 0 Å². The predicted octanol–water partition coefficient (Wildman–Crippen LogP) is 5.56. The van der Waals surface area contributed by atoms with Crippen LogP contribution in [0.2, 0.25) is 0 Å². The molecule has 6 rings (SSSR count). The summed E-state index contributed by atoms with van der Waals surface area (Å²) in [6, 6.07) is 17.0. The Kier molecular flexibility index (Phi) is 5.59. The zero-order valence-electron chi connectivity index (χ0n) is 20.3. The molecule has 0 bridgehead atoms. The van der Waals surface area contributed by atoms with Gasteiger partial charge in [-0.05, 0) is 97.4 Å². The van der Waals surface area contributed by atoms with E-state index in [-0.39, 0.29) is 17.6 Å². The van der Waals surface area contributed by atoms with Crippen LogP contribution in [0.5, 0.6) is 11.6 Å². The molecule has 1 aliphatic heterocycles. The summed E-state index contributed by atoms with van der Waals surface area (Å²) < 4.78 is 35.6. The van der Waals surface area contributed by atoms with Crippen LogP contribution >= 0.6 is 0 Å². The average Bonchev–Trinajstić information content (AvgIpc) is 3.49. The number of fused-ring (bicyclic) bond motifs is 3. The Hall–Kier alpha value is -2.86. The Labute approximate surface area is 207 Å². The van der Waals surface area contributed by atoms with Gasteiger partial charge >= 0.3 is 0 Å². The van der Waals surface area contributed by atoms with Crippen LogP contribution in [0.1, 0.15) is 53.1 Å². The molecule has 2 fully saturated rings. The second kappa shape index (κ2) is 8.66. The fraction of sp³-hybridized carbons (Fsp3) is 0.414. The van der Waals surface area contributed by atoms with E-state index >= 15 is 0 Å². The minimum absolute atomic E-state index is 0.0962. The summed E-state index contributed by atoms with van der Waals surface area (Å²) in [5, 5.41) is 0. The predicted molar refractivity (Wildman–Crippen MR) is 137 cm³/mol. The average molecular weight is 490 g/mol. The van der Waals surface area contributed by atoms with Crippen LogP contribution < -0.4 is 9.47 Å². The molecular weight excluding hydrogens is 458 g/mol. The Morgan fingerprint density at radius 3 is 2.66 bits per heavy atom. The minimum atomic E-state index is -2.91. The van der Waals surface area contributed by atoms with Crippen molar-refractivity contribution >= 4 is 9.84 Å². The van der Waals surface area contributed by atoms with Gasteiger partial charge in [-0.2, -0.15) is 0 Å². The fourth-order valence-corrected chi connectivity index (χ4v) is 7.23. The second-order valence-electron chi connectivity index (χ2n) is 10.4. The Morgan fingerprint density at radius 2 is 1.86 bits per heavy atom. The number of nitrogens with zero attached hydrogens (tertiary/aromatic N) is 1. The number of rotatable bonds is 6. The third-order valence-electron chi connectivity index (χ3n) is 7.70. The number of ether oxygens (including phenoxy) is 2. The zero-order chi connectivity index (χ0) is 24.2. The van der Waals surface area contributed by atoms with Crippen LogP contribution in [0.25, 0.3) is 11.1 Å². The molecule has 3 aromatic rings. The fourth-order valence-electron chi connectivity index (χ4n) is 5.78. The minimum Gasteiger partial charge on any atom is -0.489 e. The number of hydrogen-bond donors (Lipinski definition) is 0. The van der Waals surface area contributed by atoms with E-state index in [0.29, 0.717) is 25.3 Å². The van der Waals surface area contributed by atoms with Gasteiger partial charge in [0.1, 0.15) is 18.5 Å². The molecule has 2 aliphatic carbocycles. The molecule has 182 valence electrons. The van der Waals surface area contributed by atoms with Crippen molar-refractivity contribution in [3.8, 4) is 22.8 Å². The van der Waals surface area contributed by atoms with Crippen LogP contribution in [0.15, 0.2) is 48.5 Å². The maximum absolute atomic E-state index is 11.7. The molecule has 2 heterocycles. The van der Waals surface area contributed by atoms with E-state index in [2.05, 4.69) is 49.4 Å². The highest BCUT2D eigenvalue weighted by molar-refractivity contribution is 7.91. The lowest BCUT2D eigenvalue weighted by Crippen LogP contribution is -2.31. The van der Waals surface area contributed by atoms with Crippen LogP contribution in [-0.2, 0) is 22.9 Å². The van der Waals surface area contributed by atoms with E-state index in [0.717, 1.165) is 45.5 Å². The summed E-state index contributed by atoms with van der Waals surface area (Å²) in [4.78, 5) is 4.70. The van der Waals surface area contributed by atoms with Crippen molar-refractivity contribution < 1.29 is 17.9 Å². The third-order valence-corrected chi connectivity index (χ3v) is 9.42. The molecule has 0 amide bonds. The lowest BCUT2D eigenvalue weighted by molar-refractivity contribution is 0.181. The van der Waals surface area contributed by atoms with Gasteiger partial charge in [-0.25, -0.2) is 13.4 Å². The van der Waals surface area contributed by atoms with Gasteiger partial charge in [0.25, 0.3) is 0 Å². The summed E-state index contributed by atoms with van der Waals surface area (Å²) in [6.07, 6.45) is 3.53. The summed E-state index contributed by atoms with van der Waals surface area (Å²) in [5.41, 5.74) is 8.31. The van der Waals surface area contributed by atoms with Crippen molar-refractivity contribution in [3.05, 3.63) is 76.5 Å². The highest BCUT2D eigenvalue weighted by Crippen LogP contribution is 2.56. The highest BCUT2D eigenvalue weighted by atomic mass is 32.2. The monoisotopic (exact) mass is 489 g/mol. The number of pyridine rings is 1. The zero-order valence-corrected chi connectivity index (χ0v) is 21.1. The van der Waals surface area contributed by atoms with E-state index in [1.54, 1.807) is 0 Å². The molecule has 1 saturated carbocycles. The molecule has 2 aromatic carbocycles. The van der Waals surface area contributed by atoms with Crippen molar-refractivity contribution in [1.82, 2.24) is 4.98 Å². The maximum atomic E-state index is 11.7. The van der Waals surface area contributed by atoms with Gasteiger partial charge in [-0.3, -0.25) is 0 Å². The van der Waals surface area contributed by atoms with Crippen LogP contribution in [-0.4, -0.2) is 31.0 Å². The molecule has 1 saturated heterocycles. The summed E-state index contributed by atoms with van der Waals surface area (Å²) in [7, 11) is -2.91. The van der Waals surface area contributed by atoms with Gasteiger partial charge in [0.15, 0.2) is 9.84 Å². The molecule has 0 radical (unpaired) electrons. The van der Waals surface area contributed by atoms with E-state index in [4.69, 9.17) is 14.5 Å². The van der Waals surface area contributed by atoms with Gasteiger partial charge in [-0.1, -0.05) is 24.3 Å². The summed E-state index contributed by atoms with van der Waals surface area (Å²) >= 11 is 0. The van der Waals surface area contributed by atoms with E-state index in [1.165, 1.54) is 24.0 Å². The van der Waals surface area contributed by atoms with Crippen LogP contribution in [0.4, 0.5) is 0 Å². The van der Waals surface area contributed by atoms with E-state index in [1.807, 2.05) is 13.0 Å². The Bertz CT molecular complexity index is 1360. The third kappa shape index (κ3) is 4.68. The number of aromatic nitrogens is 1. The largest absolute Gasteiger partial charge is 0.489 e. The van der Waals surface area contributed by atoms with E-state index < -0.39 is 9.84 Å². The normalized spacial score (nSPS) is 22.3. The molecule has 35 heavy (non-hydrogen) atoms. The number of aryl methyl sites for hydroxylation is 2. The SMILES string of the molecule is Cc1cc(OC2CCS(=O)(=O)CC2)nc(C)c1-c1cccc(COc2ccc3c(c2)CC2CC32)c1. The van der Waals surface area contributed by atoms with Gasteiger partial charge in [0.2, 0.25) is 5.88 Å². The Morgan fingerprint density at radius 1 is 1.03 bits per heavy atom. The lowest BCUT2D eigenvalue weighted by atomic mass is 9.98. The van der Waals surface area contributed by atoms with Crippen molar-refractivity contribution in [2.45, 2.75) is 58.2 Å². The van der Waals surface area contributed by atoms with E-state index in [9.17, 15) is 8.42 Å². The van der Waals surface area contributed by atoms with Crippen LogP contribution in [0, 0.1) is 19.8 Å². The molecule has 2 atom stereocenters. The van der Waals surface area contributed by atoms with Gasteiger partial charge in [0.05, 0.1) is 11.5 Å². The summed E-state index contributed by atoms with van der Waals surface area (Å²) in [5.74, 6) is 3.59. The number of hydrogen-bond acceptors (Lipinski definition) is 5. The number of sulfone groups is 1. The quantitative estimate of drug-likeness (QED) is 0.454. The first kappa shape index (κ1) is 22.6. The van der Waals surface area contributed by atoms with Gasteiger partial charge in [-0.15, -0.1) is 0 Å². The molecule has 5 nitrogen and oxygen atoms in total. The van der Waals surface area contributed by atoms with Crippen molar-refractivity contribution in [2.75, 3.05) is 11.5 Å². The first-order valence-electron chi connectivity index (χ1n) is 12.5. The first-order chi connectivity index (χ1) is 16.8. The standard InChI is InChI=1S/C29H31NO4S/c1-18-12-28(34-24-8-10-35(31,32)11-9-24)30-19(2)29(18)21-5-3-4-20(13-21)17-33-25-6-7-26-22(15-25)14-23-16-27(23)26/h3-7,12-13,15,23-24,27H,8-11,14,16-17H2,1-2H3. The van der Waals surface area contributed by atoms with Crippen LogP contribution in [0.3, 0.4) is 0 Å². The van der Waals surface area contributed by atoms with Gasteiger partial charge < -0.3 is 9.47 Å². The molecule has 0 N–H and O–H groups in total. The molecular formula is C29H31NO4S. The molecule has 1 aromatic heterocycles. The molecule has 0 spiro atoms. The molecule has 6 heteroatoms. The Balaban J connectivity index is 1.15. The lowest BCUT2D eigenvalue weighted by Gasteiger charge is -2.23. The molecule has 2 unspecified atom stereocenters. The van der Waals surface area contributed by atoms with Crippen molar-refractivity contribution in [3.63, 3.8) is 0 Å². The molecule has 3 aliphatic rings. The topological polar surface area (TPSA) is 65.5 Å². The first-order valence-corrected chi connectivity index (χ1v) is 14.4. The summed E-state index contributed by atoms with van der Waals surface area (Å²) in [6.45, 7) is 4.59.